The molecule has 0 aliphatic carbocycles. The summed E-state index contributed by atoms with van der Waals surface area (Å²) in [4.78, 5) is 4.84. The topological polar surface area (TPSA) is 65.4 Å². The monoisotopic (exact) mass is 280 g/mol. The molecule has 0 saturated carbocycles. The second-order valence-electron chi connectivity index (χ2n) is 2.64. The number of nitriles is 1. The molecule has 4 nitrogen and oxygen atoms in total. The van der Waals surface area contributed by atoms with Gasteiger partial charge in [0.2, 0.25) is 0 Å². The van der Waals surface area contributed by atoms with Gasteiger partial charge in [-0.2, -0.15) is 10.4 Å². The van der Waals surface area contributed by atoms with Gasteiger partial charge in [-0.15, -0.1) is 0 Å². The summed E-state index contributed by atoms with van der Waals surface area (Å²) in [7, 11) is 0. The quantitative estimate of drug-likeness (QED) is 0.918. The maximum Gasteiger partial charge on any atom is 0.188 e. The van der Waals surface area contributed by atoms with Crippen LogP contribution in [0, 0.1) is 11.3 Å². The van der Waals surface area contributed by atoms with Gasteiger partial charge in [-0.25, -0.2) is 4.98 Å². The van der Waals surface area contributed by atoms with Gasteiger partial charge < -0.3 is 0 Å². The number of H-pyrrole nitrogens is 1. The van der Waals surface area contributed by atoms with Gasteiger partial charge >= 0.3 is 0 Å². The molecule has 1 heterocycles. The van der Waals surface area contributed by atoms with E-state index < -0.39 is 0 Å². The first-order valence-corrected chi connectivity index (χ1v) is 5.63. The summed E-state index contributed by atoms with van der Waals surface area (Å²) in [6.45, 7) is 0. The molecule has 0 aliphatic heterocycles. The summed E-state index contributed by atoms with van der Waals surface area (Å²) in [5, 5.41) is 16.1. The zero-order valence-electron chi connectivity index (χ0n) is 7.44. The Kier molecular flexibility index (Phi) is 3.04. The molecule has 0 atom stereocenters. The van der Waals surface area contributed by atoms with Crippen LogP contribution in [0.5, 0.6) is 0 Å². The van der Waals surface area contributed by atoms with E-state index in [1.54, 1.807) is 6.07 Å². The van der Waals surface area contributed by atoms with Crippen LogP contribution in [0.15, 0.2) is 39.1 Å². The van der Waals surface area contributed by atoms with Crippen LogP contribution in [-0.2, 0) is 0 Å². The zero-order valence-corrected chi connectivity index (χ0v) is 9.84. The fraction of sp³-hybridized carbons (Fsp3) is 0. The van der Waals surface area contributed by atoms with Gasteiger partial charge in [0.25, 0.3) is 0 Å². The molecule has 2 rings (SSSR count). The van der Waals surface area contributed by atoms with Crippen LogP contribution in [0.3, 0.4) is 0 Å². The van der Waals surface area contributed by atoms with Crippen molar-refractivity contribution in [1.29, 1.82) is 5.26 Å². The first kappa shape index (κ1) is 10.2. The number of aromatic nitrogens is 3. The van der Waals surface area contributed by atoms with Crippen LogP contribution >= 0.6 is 27.7 Å². The number of nitrogens with zero attached hydrogens (tertiary/aromatic N) is 3. The van der Waals surface area contributed by atoms with Crippen LogP contribution in [0.25, 0.3) is 0 Å². The first-order chi connectivity index (χ1) is 7.29. The molecule has 1 N–H and O–H groups in total. The largest absolute Gasteiger partial charge is 0.254 e. The van der Waals surface area contributed by atoms with Gasteiger partial charge in [-0.3, -0.25) is 5.10 Å². The fourth-order valence-corrected chi connectivity index (χ4v) is 2.35. The third kappa shape index (κ3) is 2.37. The minimum absolute atomic E-state index is 0.625. The van der Waals surface area contributed by atoms with E-state index in [9.17, 15) is 0 Å². The molecule has 0 saturated heterocycles. The summed E-state index contributed by atoms with van der Waals surface area (Å²) in [6, 6.07) is 7.62. The van der Waals surface area contributed by atoms with E-state index in [1.165, 1.54) is 18.1 Å². The number of nitrogens with one attached hydrogen (secondary N) is 1. The summed E-state index contributed by atoms with van der Waals surface area (Å²) < 4.78 is 0.934. The highest BCUT2D eigenvalue weighted by Crippen LogP contribution is 2.29. The highest BCUT2D eigenvalue weighted by Gasteiger charge is 2.06. The second kappa shape index (κ2) is 4.47. The second-order valence-corrected chi connectivity index (χ2v) is 4.59. The maximum absolute atomic E-state index is 8.91. The molecule has 74 valence electrons. The Hall–Kier alpha value is -1.32. The van der Waals surface area contributed by atoms with Gasteiger partial charge in [0.15, 0.2) is 5.16 Å². The highest BCUT2D eigenvalue weighted by atomic mass is 79.9. The summed E-state index contributed by atoms with van der Waals surface area (Å²) in [6.07, 6.45) is 1.44. The molecule has 0 radical (unpaired) electrons. The first-order valence-electron chi connectivity index (χ1n) is 4.02. The Morgan fingerprint density at radius 3 is 3.00 bits per heavy atom. The lowest BCUT2D eigenvalue weighted by atomic mass is 10.2. The number of benzene rings is 1. The van der Waals surface area contributed by atoms with Crippen molar-refractivity contribution in [2.45, 2.75) is 10.1 Å². The zero-order chi connectivity index (χ0) is 10.7. The van der Waals surface area contributed by atoms with E-state index in [4.69, 9.17) is 5.26 Å². The van der Waals surface area contributed by atoms with Crippen molar-refractivity contribution in [2.24, 2.45) is 0 Å². The number of rotatable bonds is 2. The molecule has 15 heavy (non-hydrogen) atoms. The number of aromatic amines is 1. The Balaban J connectivity index is 2.35. The normalized spacial score (nSPS) is 9.87. The molecular weight excluding hydrogens is 276 g/mol. The standard InChI is InChI=1S/C9H5BrN4S/c10-7-2-1-6(4-11)8(3-7)15-9-12-5-13-14-9/h1-3,5H,(H,12,13,14). The predicted octanol–water partition coefficient (Wildman–Crippen LogP) is 2.59. The van der Waals surface area contributed by atoms with Crippen LogP contribution in [-0.4, -0.2) is 15.2 Å². The molecule has 0 amide bonds. The van der Waals surface area contributed by atoms with Crippen molar-refractivity contribution in [3.05, 3.63) is 34.6 Å². The van der Waals surface area contributed by atoms with Gasteiger partial charge in [-0.05, 0) is 30.0 Å². The average Bonchev–Trinajstić information content (AvgIpc) is 2.71. The fourth-order valence-electron chi connectivity index (χ4n) is 1.02. The smallest absolute Gasteiger partial charge is 0.188 e. The van der Waals surface area contributed by atoms with Gasteiger partial charge in [-0.1, -0.05) is 15.9 Å². The number of halogens is 1. The Morgan fingerprint density at radius 2 is 2.33 bits per heavy atom. The lowest BCUT2D eigenvalue weighted by molar-refractivity contribution is 0.973. The molecule has 2 aromatic rings. The average molecular weight is 281 g/mol. The van der Waals surface area contributed by atoms with Crippen molar-refractivity contribution in [3.63, 3.8) is 0 Å². The van der Waals surface area contributed by atoms with E-state index in [0.717, 1.165) is 9.37 Å². The van der Waals surface area contributed by atoms with E-state index >= 15 is 0 Å². The lowest BCUT2D eigenvalue weighted by Gasteiger charge is -2.00. The van der Waals surface area contributed by atoms with Gasteiger partial charge in [0, 0.05) is 9.37 Å². The number of hydrogen-bond donors (Lipinski definition) is 1. The molecule has 0 unspecified atom stereocenters. The van der Waals surface area contributed by atoms with Crippen LogP contribution in [0.2, 0.25) is 0 Å². The van der Waals surface area contributed by atoms with E-state index in [-0.39, 0.29) is 0 Å². The highest BCUT2D eigenvalue weighted by molar-refractivity contribution is 9.10. The minimum Gasteiger partial charge on any atom is -0.254 e. The van der Waals surface area contributed by atoms with Crippen molar-refractivity contribution in [2.75, 3.05) is 0 Å². The Labute approximate surface area is 98.9 Å². The lowest BCUT2D eigenvalue weighted by Crippen LogP contribution is -1.82. The molecule has 0 spiro atoms. The molecular formula is C9H5BrN4S. The van der Waals surface area contributed by atoms with E-state index in [1.807, 2.05) is 12.1 Å². The van der Waals surface area contributed by atoms with Crippen molar-refractivity contribution >= 4 is 27.7 Å². The molecule has 0 aliphatic rings. The van der Waals surface area contributed by atoms with Crippen LogP contribution in [0.1, 0.15) is 5.56 Å². The third-order valence-electron chi connectivity index (χ3n) is 1.66. The Bertz CT molecular complexity index is 503. The van der Waals surface area contributed by atoms with E-state index in [0.29, 0.717) is 10.7 Å². The molecule has 1 aromatic heterocycles. The van der Waals surface area contributed by atoms with Crippen molar-refractivity contribution in [1.82, 2.24) is 15.2 Å². The van der Waals surface area contributed by atoms with Crippen molar-refractivity contribution in [3.8, 4) is 6.07 Å². The van der Waals surface area contributed by atoms with Crippen LogP contribution < -0.4 is 0 Å². The third-order valence-corrected chi connectivity index (χ3v) is 3.10. The predicted molar refractivity (Wildman–Crippen MR) is 59.4 cm³/mol. The minimum atomic E-state index is 0.625. The Morgan fingerprint density at radius 1 is 1.47 bits per heavy atom. The van der Waals surface area contributed by atoms with Gasteiger partial charge in [0.1, 0.15) is 12.4 Å². The summed E-state index contributed by atoms with van der Waals surface area (Å²) >= 11 is 4.74. The van der Waals surface area contributed by atoms with Gasteiger partial charge in [0.05, 0.1) is 5.56 Å². The SMILES string of the molecule is N#Cc1ccc(Br)cc1Sc1ncn[nH]1. The molecule has 0 fully saturated rings. The summed E-state index contributed by atoms with van der Waals surface area (Å²) in [5.74, 6) is 0. The molecule has 6 heteroatoms. The van der Waals surface area contributed by atoms with Crippen LogP contribution in [0.4, 0.5) is 0 Å². The maximum atomic E-state index is 8.91. The molecule has 0 bridgehead atoms. The van der Waals surface area contributed by atoms with Crippen molar-refractivity contribution < 1.29 is 0 Å². The summed E-state index contributed by atoms with van der Waals surface area (Å²) in [5.41, 5.74) is 0.625. The molecule has 1 aromatic carbocycles. The number of hydrogen-bond acceptors (Lipinski definition) is 4. The van der Waals surface area contributed by atoms with E-state index in [2.05, 4.69) is 37.2 Å².